The highest BCUT2D eigenvalue weighted by Crippen LogP contribution is 2.23. The van der Waals surface area contributed by atoms with Crippen molar-refractivity contribution in [3.8, 4) is 0 Å². The number of aliphatic hydroxyl groups excluding tert-OH is 5. The Hall–Kier alpha value is -1.85. The van der Waals surface area contributed by atoms with Gasteiger partial charge in [-0.15, -0.1) is 0 Å². The lowest BCUT2D eigenvalue weighted by Gasteiger charge is -2.40. The minimum absolute atomic E-state index is 0.190. The molecule has 0 radical (unpaired) electrons. The Morgan fingerprint density at radius 3 is 1.33 bits per heavy atom. The van der Waals surface area contributed by atoms with Crippen molar-refractivity contribution in [2.75, 3.05) is 13.2 Å². The Kier molecular flexibility index (Phi) is 47.0. The number of unbranched alkanes of at least 4 members (excludes halogenated alkanes) is 34. The van der Waals surface area contributed by atoms with Gasteiger partial charge in [-0.2, -0.15) is 0 Å². The van der Waals surface area contributed by atoms with Gasteiger partial charge in [-0.1, -0.05) is 249 Å². The molecule has 1 saturated heterocycles. The van der Waals surface area contributed by atoms with E-state index in [1.54, 1.807) is 6.08 Å². The van der Waals surface area contributed by atoms with Crippen molar-refractivity contribution in [2.24, 2.45) is 0 Å². The maximum absolute atomic E-state index is 13.0. The van der Waals surface area contributed by atoms with Gasteiger partial charge in [-0.3, -0.25) is 4.79 Å². The summed E-state index contributed by atoms with van der Waals surface area (Å²) >= 11 is 0. The molecule has 0 aromatic carbocycles. The zero-order valence-corrected chi connectivity index (χ0v) is 44.8. The van der Waals surface area contributed by atoms with Crippen molar-refractivity contribution in [1.29, 1.82) is 0 Å². The van der Waals surface area contributed by atoms with E-state index < -0.39 is 49.5 Å². The van der Waals surface area contributed by atoms with Gasteiger partial charge in [-0.05, 0) is 64.2 Å². The average molecular weight is 975 g/mol. The Morgan fingerprint density at radius 1 is 0.493 bits per heavy atom. The molecule has 9 heteroatoms. The maximum atomic E-state index is 13.0. The first-order valence-corrected chi connectivity index (χ1v) is 29.4. The molecule has 9 nitrogen and oxygen atoms in total. The number of amides is 1. The predicted octanol–water partition coefficient (Wildman–Crippen LogP) is 14.5. The van der Waals surface area contributed by atoms with Gasteiger partial charge in [0.1, 0.15) is 24.4 Å². The fourth-order valence-corrected chi connectivity index (χ4v) is 9.20. The van der Waals surface area contributed by atoms with Gasteiger partial charge in [0.2, 0.25) is 5.91 Å². The molecule has 0 aromatic rings. The predicted molar refractivity (Wildman–Crippen MR) is 290 cm³/mol. The zero-order valence-electron chi connectivity index (χ0n) is 44.8. The number of ether oxygens (including phenoxy) is 2. The van der Waals surface area contributed by atoms with E-state index in [2.05, 4.69) is 55.6 Å². The van der Waals surface area contributed by atoms with Crippen LogP contribution in [0.15, 0.2) is 48.6 Å². The average Bonchev–Trinajstić information content (AvgIpc) is 3.35. The van der Waals surface area contributed by atoms with Crippen LogP contribution in [0.5, 0.6) is 0 Å². The second-order valence-corrected chi connectivity index (χ2v) is 20.4. The summed E-state index contributed by atoms with van der Waals surface area (Å²) in [5.74, 6) is -0.190. The first kappa shape index (κ1) is 65.2. The third-order valence-corrected chi connectivity index (χ3v) is 13.9. The van der Waals surface area contributed by atoms with E-state index in [4.69, 9.17) is 9.47 Å². The number of carbonyl (C=O) groups is 1. The largest absolute Gasteiger partial charge is 0.394 e. The van der Waals surface area contributed by atoms with Crippen molar-refractivity contribution in [1.82, 2.24) is 5.32 Å². The monoisotopic (exact) mass is 974 g/mol. The SMILES string of the molecule is CCCCC/C=C\C/C=C\CCCCCCCCCCCC(=O)NC(COC1OC(CO)C(O)C(O)C1O)C(O)/C=C/CC/C=C/CCCCCCCCCCCCCCCCCCCCCCC. The van der Waals surface area contributed by atoms with Gasteiger partial charge < -0.3 is 40.3 Å². The molecule has 1 heterocycles. The molecule has 1 aliphatic rings. The zero-order chi connectivity index (χ0) is 50.1. The van der Waals surface area contributed by atoms with Crippen molar-refractivity contribution in [2.45, 2.75) is 314 Å². The van der Waals surface area contributed by atoms with Gasteiger partial charge in [0.25, 0.3) is 0 Å². The third-order valence-electron chi connectivity index (χ3n) is 13.9. The van der Waals surface area contributed by atoms with Crippen LogP contribution >= 0.6 is 0 Å². The quantitative estimate of drug-likeness (QED) is 0.0261. The molecule has 7 atom stereocenters. The molecule has 404 valence electrons. The highest BCUT2D eigenvalue weighted by molar-refractivity contribution is 5.76. The molecule has 0 spiro atoms. The fourth-order valence-electron chi connectivity index (χ4n) is 9.20. The summed E-state index contributed by atoms with van der Waals surface area (Å²) in [5, 5.41) is 54.5. The number of rotatable bonds is 50. The second kappa shape index (κ2) is 49.7. The Labute approximate surface area is 424 Å². The van der Waals surface area contributed by atoms with Crippen molar-refractivity contribution in [3.05, 3.63) is 48.6 Å². The molecule has 69 heavy (non-hydrogen) atoms. The number of aliphatic hydroxyl groups is 5. The smallest absolute Gasteiger partial charge is 0.220 e. The van der Waals surface area contributed by atoms with E-state index in [0.29, 0.717) is 6.42 Å². The molecule has 0 aromatic heterocycles. The van der Waals surface area contributed by atoms with Crippen LogP contribution in [-0.4, -0.2) is 87.5 Å². The minimum Gasteiger partial charge on any atom is -0.394 e. The lowest BCUT2D eigenvalue weighted by atomic mass is 9.99. The first-order valence-electron chi connectivity index (χ1n) is 29.4. The van der Waals surface area contributed by atoms with E-state index in [9.17, 15) is 30.3 Å². The Balaban J connectivity index is 2.24. The third kappa shape index (κ3) is 39.4. The van der Waals surface area contributed by atoms with Crippen LogP contribution in [0.1, 0.15) is 271 Å². The van der Waals surface area contributed by atoms with Crippen LogP contribution in [0, 0.1) is 0 Å². The highest BCUT2D eigenvalue weighted by Gasteiger charge is 2.44. The van der Waals surface area contributed by atoms with Crippen LogP contribution in [0.4, 0.5) is 0 Å². The van der Waals surface area contributed by atoms with Gasteiger partial charge in [-0.25, -0.2) is 0 Å². The number of hydrogen-bond acceptors (Lipinski definition) is 8. The van der Waals surface area contributed by atoms with Crippen molar-refractivity contribution < 1.29 is 39.8 Å². The van der Waals surface area contributed by atoms with E-state index in [0.717, 1.165) is 51.4 Å². The van der Waals surface area contributed by atoms with E-state index in [-0.39, 0.29) is 12.5 Å². The van der Waals surface area contributed by atoms with Crippen molar-refractivity contribution >= 4 is 5.91 Å². The molecule has 0 aliphatic carbocycles. The summed E-state index contributed by atoms with van der Waals surface area (Å²) in [5.41, 5.74) is 0. The maximum Gasteiger partial charge on any atom is 0.220 e. The fraction of sp³-hybridized carbons (Fsp3) is 0.850. The van der Waals surface area contributed by atoms with Crippen LogP contribution < -0.4 is 5.32 Å². The number of allylic oxidation sites excluding steroid dienone is 7. The van der Waals surface area contributed by atoms with Gasteiger partial charge in [0.05, 0.1) is 25.4 Å². The molecule has 7 unspecified atom stereocenters. The van der Waals surface area contributed by atoms with Gasteiger partial charge in [0, 0.05) is 6.42 Å². The van der Waals surface area contributed by atoms with Crippen LogP contribution in [0.25, 0.3) is 0 Å². The summed E-state index contributed by atoms with van der Waals surface area (Å²) in [6.45, 7) is 3.76. The van der Waals surface area contributed by atoms with Crippen LogP contribution in [0.2, 0.25) is 0 Å². The first-order chi connectivity index (χ1) is 33.8. The van der Waals surface area contributed by atoms with E-state index in [1.165, 1.54) is 199 Å². The topological polar surface area (TPSA) is 149 Å². The summed E-state index contributed by atoms with van der Waals surface area (Å²) in [4.78, 5) is 13.0. The normalized spacial score (nSPS) is 19.8. The summed E-state index contributed by atoms with van der Waals surface area (Å²) in [6, 6.07) is -0.826. The summed E-state index contributed by atoms with van der Waals surface area (Å²) < 4.78 is 11.3. The molecule has 0 bridgehead atoms. The molecular formula is C60H111NO8. The summed E-state index contributed by atoms with van der Waals surface area (Å²) in [6.07, 6.45) is 59.0. The second-order valence-electron chi connectivity index (χ2n) is 20.4. The van der Waals surface area contributed by atoms with Crippen LogP contribution in [0.3, 0.4) is 0 Å². The molecule has 1 aliphatic heterocycles. The van der Waals surface area contributed by atoms with Gasteiger partial charge >= 0.3 is 0 Å². The molecule has 1 rings (SSSR count). The Bertz CT molecular complexity index is 1220. The lowest BCUT2D eigenvalue weighted by molar-refractivity contribution is -0.302. The van der Waals surface area contributed by atoms with E-state index in [1.807, 2.05) is 6.08 Å². The molecule has 1 amide bonds. The minimum atomic E-state index is -1.57. The van der Waals surface area contributed by atoms with Crippen LogP contribution in [-0.2, 0) is 14.3 Å². The standard InChI is InChI=1S/C60H111NO8/c1-3-5-7-9-11-13-15-17-19-21-23-24-25-26-27-28-29-30-32-33-35-37-39-41-43-45-47-49-54(63)53(52-68-60-59(67)58(66)57(65)55(51-62)69-60)61-56(64)50-48-46-44-42-40-38-36-34-31-22-20-18-16-14-12-10-8-6-4-2/h12,14,18,20,39,41,47,49,53-55,57-60,62-63,65-67H,3-11,13,15-17,19,21-38,40,42-46,48,50-52H2,1-2H3,(H,61,64)/b14-12-,20-18-,41-39+,49-47+. The van der Waals surface area contributed by atoms with Crippen molar-refractivity contribution in [3.63, 3.8) is 0 Å². The summed E-state index contributed by atoms with van der Waals surface area (Å²) in [7, 11) is 0. The number of hydrogen-bond donors (Lipinski definition) is 6. The molecular weight excluding hydrogens is 863 g/mol. The Morgan fingerprint density at radius 2 is 0.870 bits per heavy atom. The lowest BCUT2D eigenvalue weighted by Crippen LogP contribution is -2.60. The highest BCUT2D eigenvalue weighted by atomic mass is 16.7. The molecule has 0 saturated carbocycles. The number of carbonyl (C=O) groups excluding carboxylic acids is 1. The van der Waals surface area contributed by atoms with E-state index >= 15 is 0 Å². The number of nitrogens with one attached hydrogen (secondary N) is 1. The molecule has 6 N–H and O–H groups in total. The van der Waals surface area contributed by atoms with Gasteiger partial charge in [0.15, 0.2) is 6.29 Å². The molecule has 1 fully saturated rings.